The van der Waals surface area contributed by atoms with Crippen LogP contribution < -0.4 is 9.64 Å². The molecule has 31 heavy (non-hydrogen) atoms. The predicted octanol–water partition coefficient (Wildman–Crippen LogP) is 4.86. The van der Waals surface area contributed by atoms with Crippen molar-refractivity contribution in [3.05, 3.63) is 67.0 Å². The van der Waals surface area contributed by atoms with Crippen LogP contribution in [-0.2, 0) is 11.3 Å². The van der Waals surface area contributed by atoms with Crippen LogP contribution in [0.3, 0.4) is 0 Å². The molecular weight excluding hydrogens is 435 g/mol. The van der Waals surface area contributed by atoms with Gasteiger partial charge in [-0.25, -0.2) is 14.4 Å². The van der Waals surface area contributed by atoms with E-state index in [4.69, 9.17) is 4.74 Å². The highest BCUT2D eigenvalue weighted by Crippen LogP contribution is 2.30. The first-order chi connectivity index (χ1) is 15.1. The van der Waals surface area contributed by atoms with Crippen LogP contribution in [0.5, 0.6) is 5.75 Å². The summed E-state index contributed by atoms with van der Waals surface area (Å²) in [5.74, 6) is 0.710. The number of benzene rings is 2. The summed E-state index contributed by atoms with van der Waals surface area (Å²) < 4.78 is 21.5. The van der Waals surface area contributed by atoms with E-state index in [1.807, 2.05) is 35.0 Å². The number of carbonyl (C=O) groups excluding carboxylic acids is 1. The van der Waals surface area contributed by atoms with Gasteiger partial charge < -0.3 is 9.30 Å². The Morgan fingerprint density at radius 1 is 1.26 bits per heavy atom. The summed E-state index contributed by atoms with van der Waals surface area (Å²) in [5.41, 5.74) is 0.691. The molecule has 6 nitrogen and oxygen atoms in total. The Morgan fingerprint density at radius 2 is 2.10 bits per heavy atom. The van der Waals surface area contributed by atoms with E-state index in [-0.39, 0.29) is 17.5 Å². The van der Waals surface area contributed by atoms with Gasteiger partial charge in [-0.1, -0.05) is 11.3 Å². The zero-order valence-electron chi connectivity index (χ0n) is 16.9. The molecule has 0 atom stereocenters. The number of ether oxygens (including phenoxy) is 1. The smallest absolute Gasteiger partial charge is 0.239 e. The summed E-state index contributed by atoms with van der Waals surface area (Å²) in [6.45, 7) is 1.26. The summed E-state index contributed by atoms with van der Waals surface area (Å²) in [4.78, 5) is 24.5. The van der Waals surface area contributed by atoms with E-state index in [2.05, 4.69) is 9.97 Å². The highest BCUT2D eigenvalue weighted by Gasteiger charge is 2.20. The van der Waals surface area contributed by atoms with E-state index in [1.165, 1.54) is 35.2 Å². The highest BCUT2D eigenvalue weighted by molar-refractivity contribution is 8.00. The number of fused-ring (bicyclic) bond motifs is 1. The molecule has 4 rings (SSSR count). The number of aryl methyl sites for hydroxylation is 1. The quantitative estimate of drug-likeness (QED) is 0.337. The number of imidazole rings is 1. The summed E-state index contributed by atoms with van der Waals surface area (Å²) in [5, 5.41) is 0.589. The second-order valence-corrected chi connectivity index (χ2v) is 8.83. The lowest BCUT2D eigenvalue weighted by molar-refractivity contribution is -0.116. The van der Waals surface area contributed by atoms with Crippen molar-refractivity contribution in [2.24, 2.45) is 0 Å². The number of rotatable bonds is 9. The van der Waals surface area contributed by atoms with Crippen LogP contribution in [0.2, 0.25) is 0 Å². The second-order valence-electron chi connectivity index (χ2n) is 6.77. The molecule has 9 heteroatoms. The van der Waals surface area contributed by atoms with Crippen LogP contribution in [0.25, 0.3) is 10.2 Å². The van der Waals surface area contributed by atoms with Gasteiger partial charge in [0.1, 0.15) is 11.6 Å². The maximum atomic E-state index is 13.6. The highest BCUT2D eigenvalue weighted by atomic mass is 32.2. The SMILES string of the molecule is COc1ccc(SCC(=O)N(CCCn2ccnc2)c2nc3ccc(F)cc3s2)cc1. The Balaban J connectivity index is 1.48. The van der Waals surface area contributed by atoms with Crippen molar-refractivity contribution < 1.29 is 13.9 Å². The standard InChI is InChI=1S/C22H21FN4O2S2/c1-29-17-4-6-18(7-5-17)30-14-21(28)27(11-2-10-26-12-9-24-15-26)22-25-19-8-3-16(23)13-20(19)31-22/h3-9,12-13,15H,2,10-11,14H2,1H3. The van der Waals surface area contributed by atoms with E-state index in [1.54, 1.807) is 30.6 Å². The molecule has 0 aliphatic rings. The van der Waals surface area contributed by atoms with Crippen molar-refractivity contribution in [2.45, 2.75) is 17.9 Å². The first kappa shape index (κ1) is 21.3. The number of amides is 1. The van der Waals surface area contributed by atoms with Gasteiger partial charge in [-0.05, 0) is 48.9 Å². The number of halogens is 1. The van der Waals surface area contributed by atoms with Gasteiger partial charge in [0.25, 0.3) is 0 Å². The van der Waals surface area contributed by atoms with Crippen LogP contribution in [0.1, 0.15) is 6.42 Å². The molecule has 160 valence electrons. The lowest BCUT2D eigenvalue weighted by Crippen LogP contribution is -2.33. The summed E-state index contributed by atoms with van der Waals surface area (Å²) >= 11 is 2.80. The molecule has 2 aromatic heterocycles. The van der Waals surface area contributed by atoms with Gasteiger partial charge >= 0.3 is 0 Å². The maximum absolute atomic E-state index is 13.6. The molecule has 4 aromatic rings. The van der Waals surface area contributed by atoms with Crippen LogP contribution >= 0.6 is 23.1 Å². The lowest BCUT2D eigenvalue weighted by atomic mass is 10.3. The topological polar surface area (TPSA) is 60.2 Å². The molecule has 0 aliphatic carbocycles. The molecule has 2 heterocycles. The van der Waals surface area contributed by atoms with E-state index in [0.29, 0.717) is 17.2 Å². The number of anilines is 1. The van der Waals surface area contributed by atoms with Crippen molar-refractivity contribution in [3.63, 3.8) is 0 Å². The average molecular weight is 457 g/mol. The predicted molar refractivity (Wildman–Crippen MR) is 122 cm³/mol. The average Bonchev–Trinajstić information content (AvgIpc) is 3.44. The minimum Gasteiger partial charge on any atom is -0.497 e. The number of nitrogens with zero attached hydrogens (tertiary/aromatic N) is 4. The molecule has 0 aliphatic heterocycles. The molecule has 0 saturated carbocycles. The number of aromatic nitrogens is 3. The Bertz CT molecular complexity index is 1150. The molecule has 1 amide bonds. The number of thiazole rings is 1. The van der Waals surface area contributed by atoms with Crippen LogP contribution in [-0.4, -0.2) is 39.8 Å². The fourth-order valence-corrected chi connectivity index (χ4v) is 4.86. The van der Waals surface area contributed by atoms with Crippen molar-refractivity contribution >= 4 is 44.4 Å². The molecule has 0 N–H and O–H groups in total. The summed E-state index contributed by atoms with van der Waals surface area (Å²) in [6.07, 6.45) is 6.13. The fourth-order valence-electron chi connectivity index (χ4n) is 3.05. The van der Waals surface area contributed by atoms with Crippen molar-refractivity contribution in [2.75, 3.05) is 24.3 Å². The zero-order valence-corrected chi connectivity index (χ0v) is 18.5. The molecule has 0 unspecified atom stereocenters. The number of hydrogen-bond acceptors (Lipinski definition) is 6. The van der Waals surface area contributed by atoms with E-state index in [0.717, 1.165) is 28.3 Å². The van der Waals surface area contributed by atoms with Crippen molar-refractivity contribution in [1.29, 1.82) is 0 Å². The van der Waals surface area contributed by atoms with Gasteiger partial charge in [0, 0.05) is 30.4 Å². The Labute approximate surface area is 187 Å². The molecule has 0 radical (unpaired) electrons. The number of thioether (sulfide) groups is 1. The third-order valence-electron chi connectivity index (χ3n) is 4.65. The second kappa shape index (κ2) is 9.93. The number of hydrogen-bond donors (Lipinski definition) is 0. The minimum atomic E-state index is -0.309. The molecule has 0 fully saturated rings. The molecule has 0 bridgehead atoms. The van der Waals surface area contributed by atoms with E-state index in [9.17, 15) is 9.18 Å². The lowest BCUT2D eigenvalue weighted by Gasteiger charge is -2.20. The third-order valence-corrected chi connectivity index (χ3v) is 6.69. The van der Waals surface area contributed by atoms with Gasteiger partial charge in [-0.3, -0.25) is 9.69 Å². The van der Waals surface area contributed by atoms with Crippen LogP contribution in [0.15, 0.2) is 66.1 Å². The van der Waals surface area contributed by atoms with Crippen LogP contribution in [0, 0.1) is 5.82 Å². The largest absolute Gasteiger partial charge is 0.497 e. The first-order valence-electron chi connectivity index (χ1n) is 9.71. The minimum absolute atomic E-state index is 0.0361. The van der Waals surface area contributed by atoms with Gasteiger partial charge in [0.05, 0.1) is 29.4 Å². The third kappa shape index (κ3) is 5.42. The summed E-state index contributed by atoms with van der Waals surface area (Å²) in [6, 6.07) is 12.1. The monoisotopic (exact) mass is 456 g/mol. The van der Waals surface area contributed by atoms with Gasteiger partial charge in [-0.15, -0.1) is 11.8 Å². The van der Waals surface area contributed by atoms with E-state index < -0.39 is 0 Å². The number of carbonyl (C=O) groups is 1. The summed E-state index contributed by atoms with van der Waals surface area (Å²) in [7, 11) is 1.62. The molecule has 0 spiro atoms. The molecule has 2 aromatic carbocycles. The van der Waals surface area contributed by atoms with Crippen molar-refractivity contribution in [3.8, 4) is 5.75 Å². The maximum Gasteiger partial charge on any atom is 0.239 e. The normalized spacial score (nSPS) is 11.0. The Hall–Kier alpha value is -2.91. The first-order valence-corrected chi connectivity index (χ1v) is 11.5. The van der Waals surface area contributed by atoms with Gasteiger partial charge in [0.15, 0.2) is 5.13 Å². The molecular formula is C22H21FN4O2S2. The Kier molecular flexibility index (Phi) is 6.83. The van der Waals surface area contributed by atoms with Crippen LogP contribution in [0.4, 0.5) is 9.52 Å². The van der Waals surface area contributed by atoms with Gasteiger partial charge in [-0.2, -0.15) is 0 Å². The van der Waals surface area contributed by atoms with E-state index >= 15 is 0 Å². The van der Waals surface area contributed by atoms with Gasteiger partial charge in [0.2, 0.25) is 5.91 Å². The van der Waals surface area contributed by atoms with Crippen molar-refractivity contribution in [1.82, 2.24) is 14.5 Å². The number of methoxy groups -OCH3 is 1. The zero-order chi connectivity index (χ0) is 21.6. The Morgan fingerprint density at radius 3 is 2.84 bits per heavy atom. The molecule has 0 saturated heterocycles. The fraction of sp³-hybridized carbons (Fsp3) is 0.227.